The summed E-state index contributed by atoms with van der Waals surface area (Å²) >= 11 is 5.76. The lowest BCUT2D eigenvalue weighted by molar-refractivity contribution is -0.116. The molecule has 1 aromatic carbocycles. The summed E-state index contributed by atoms with van der Waals surface area (Å²) in [5.41, 5.74) is 4.76. The minimum Gasteiger partial charge on any atom is -0.467 e. The van der Waals surface area contributed by atoms with Crippen LogP contribution in [0.3, 0.4) is 0 Å². The Balaban J connectivity index is 1.42. The molecule has 2 N–H and O–H groups in total. The fraction of sp³-hybridized carbons (Fsp3) is 0.250. The van der Waals surface area contributed by atoms with Crippen molar-refractivity contribution in [2.45, 2.75) is 38.9 Å². The summed E-state index contributed by atoms with van der Waals surface area (Å²) in [4.78, 5) is 19.4. The Morgan fingerprint density at radius 1 is 1.16 bits per heavy atom. The third-order valence-corrected chi connectivity index (χ3v) is 7.08. The number of nitrogens with one attached hydrogen (secondary N) is 2. The second-order valence-electron chi connectivity index (χ2n) is 9.12. The summed E-state index contributed by atoms with van der Waals surface area (Å²) in [5.74, 6) is 0.362. The molecule has 4 heterocycles. The number of anilines is 1. The third-order valence-electron chi connectivity index (χ3n) is 6.73. The van der Waals surface area contributed by atoms with Crippen LogP contribution in [0.5, 0.6) is 0 Å². The molecule has 1 amide bonds. The first kappa shape index (κ1) is 24.7. The normalized spacial score (nSPS) is 17.2. The molecule has 0 bridgehead atoms. The first-order chi connectivity index (χ1) is 17.9. The lowest BCUT2D eigenvalue weighted by Gasteiger charge is -2.28. The largest absolute Gasteiger partial charge is 0.467 e. The molecule has 0 radical (unpaired) electrons. The van der Waals surface area contributed by atoms with Gasteiger partial charge in [0.2, 0.25) is 5.91 Å². The summed E-state index contributed by atoms with van der Waals surface area (Å²) in [7, 11) is 0. The highest BCUT2D eigenvalue weighted by Gasteiger charge is 2.41. The number of furan rings is 1. The van der Waals surface area contributed by atoms with Crippen LogP contribution in [-0.2, 0) is 11.3 Å². The molecule has 0 unspecified atom stereocenters. The minimum atomic E-state index is -0.348. The van der Waals surface area contributed by atoms with E-state index in [0.717, 1.165) is 28.4 Å². The third kappa shape index (κ3) is 5.27. The molecule has 9 heteroatoms. The second kappa shape index (κ2) is 10.6. The predicted molar refractivity (Wildman–Crippen MR) is 144 cm³/mol. The van der Waals surface area contributed by atoms with Gasteiger partial charge in [0.05, 0.1) is 30.6 Å². The number of carbonyl (C=O) groups is 1. The van der Waals surface area contributed by atoms with Gasteiger partial charge in [0.25, 0.3) is 0 Å². The number of benzene rings is 1. The number of nitrogens with zero attached hydrogens (tertiary/aromatic N) is 3. The van der Waals surface area contributed by atoms with Crippen molar-refractivity contribution < 1.29 is 13.6 Å². The lowest BCUT2D eigenvalue weighted by atomic mass is 9.96. The summed E-state index contributed by atoms with van der Waals surface area (Å²) in [6.45, 7) is 5.22. The summed E-state index contributed by atoms with van der Waals surface area (Å²) in [5, 5.41) is 6.85. The zero-order valence-electron chi connectivity index (χ0n) is 20.6. The molecule has 0 spiro atoms. The number of pyridine rings is 1. The van der Waals surface area contributed by atoms with Gasteiger partial charge in [-0.25, -0.2) is 4.39 Å². The van der Waals surface area contributed by atoms with Crippen LogP contribution in [0.4, 0.5) is 10.1 Å². The van der Waals surface area contributed by atoms with Crippen LogP contribution in [0.2, 0.25) is 0 Å². The van der Waals surface area contributed by atoms with Gasteiger partial charge in [-0.1, -0.05) is 6.07 Å². The monoisotopic (exact) mass is 517 g/mol. The Labute approximate surface area is 220 Å². The van der Waals surface area contributed by atoms with Gasteiger partial charge in [-0.2, -0.15) is 0 Å². The van der Waals surface area contributed by atoms with Gasteiger partial charge in [0, 0.05) is 36.2 Å². The van der Waals surface area contributed by atoms with Gasteiger partial charge >= 0.3 is 0 Å². The maximum Gasteiger partial charge on any atom is 0.226 e. The second-order valence-corrected chi connectivity index (χ2v) is 9.50. The first-order valence-electron chi connectivity index (χ1n) is 12.1. The number of aromatic nitrogens is 2. The summed E-state index contributed by atoms with van der Waals surface area (Å²) in [6.07, 6.45) is 3.67. The van der Waals surface area contributed by atoms with E-state index >= 15 is 0 Å². The molecule has 4 aromatic rings. The van der Waals surface area contributed by atoms with E-state index in [1.54, 1.807) is 24.6 Å². The fourth-order valence-corrected chi connectivity index (χ4v) is 5.22. The van der Waals surface area contributed by atoms with Crippen molar-refractivity contribution in [3.05, 3.63) is 107 Å². The molecule has 3 aromatic heterocycles. The number of halogens is 1. The zero-order valence-corrected chi connectivity index (χ0v) is 21.5. The van der Waals surface area contributed by atoms with Crippen LogP contribution in [0, 0.1) is 19.7 Å². The summed E-state index contributed by atoms with van der Waals surface area (Å²) < 4.78 is 21.0. The van der Waals surface area contributed by atoms with E-state index in [1.165, 1.54) is 12.1 Å². The Kier molecular flexibility index (Phi) is 7.05. The Morgan fingerprint density at radius 3 is 2.68 bits per heavy atom. The highest BCUT2D eigenvalue weighted by molar-refractivity contribution is 7.80. The lowest BCUT2D eigenvalue weighted by Crippen LogP contribution is -2.33. The average molecular weight is 518 g/mol. The van der Waals surface area contributed by atoms with E-state index in [9.17, 15) is 9.18 Å². The number of aryl methyl sites for hydroxylation is 1. The molecule has 190 valence electrons. The predicted octanol–water partition coefficient (Wildman–Crippen LogP) is 5.28. The number of carbonyl (C=O) groups excluding carboxylic acids is 1. The van der Waals surface area contributed by atoms with Crippen molar-refractivity contribution in [3.8, 4) is 0 Å². The van der Waals surface area contributed by atoms with Gasteiger partial charge < -0.3 is 24.5 Å². The van der Waals surface area contributed by atoms with Gasteiger partial charge in [0.15, 0.2) is 5.11 Å². The number of rotatable bonds is 8. The van der Waals surface area contributed by atoms with E-state index < -0.39 is 0 Å². The highest BCUT2D eigenvalue weighted by Crippen LogP contribution is 2.41. The van der Waals surface area contributed by atoms with Crippen LogP contribution in [0.25, 0.3) is 0 Å². The zero-order chi connectivity index (χ0) is 25.9. The SMILES string of the molecule is Cc1cc([C@@H]2[C@@H](c3ccccn3)NC(=S)N2CCC(=O)Nc2ccc(F)cc2)c(C)n1Cc1ccco1. The highest BCUT2D eigenvalue weighted by atomic mass is 32.1. The Bertz CT molecular complexity index is 1390. The van der Waals surface area contributed by atoms with Crippen LogP contribution in [0.15, 0.2) is 77.5 Å². The van der Waals surface area contributed by atoms with Crippen LogP contribution >= 0.6 is 12.2 Å². The van der Waals surface area contributed by atoms with E-state index in [1.807, 2.05) is 30.3 Å². The molecule has 2 atom stereocenters. The standard InChI is InChI=1S/C28H28FN5O2S/c1-18-16-23(19(2)34(18)17-22-6-5-15-36-22)27-26(24-7-3-4-13-30-24)32-28(37)33(27)14-12-25(35)31-21-10-8-20(29)9-11-21/h3-11,13,15-16,26-27H,12,14,17H2,1-2H3,(H,31,35)(H,32,37)/t26-,27-/m1/s1. The van der Waals surface area contributed by atoms with E-state index in [2.05, 4.69) is 45.0 Å². The number of thiocarbonyl (C=S) groups is 1. The maximum atomic E-state index is 13.2. The maximum absolute atomic E-state index is 13.2. The van der Waals surface area contributed by atoms with E-state index in [0.29, 0.717) is 23.9 Å². The molecule has 1 aliphatic rings. The molecule has 7 nitrogen and oxygen atoms in total. The Morgan fingerprint density at radius 2 is 1.97 bits per heavy atom. The molecule has 1 fully saturated rings. The van der Waals surface area contributed by atoms with E-state index in [-0.39, 0.29) is 30.2 Å². The molecule has 37 heavy (non-hydrogen) atoms. The molecule has 0 aliphatic carbocycles. The smallest absolute Gasteiger partial charge is 0.226 e. The quantitative estimate of drug-likeness (QED) is 0.310. The first-order valence-corrected chi connectivity index (χ1v) is 12.5. The number of amides is 1. The van der Waals surface area contributed by atoms with Crippen LogP contribution in [0.1, 0.15) is 46.9 Å². The van der Waals surface area contributed by atoms with Crippen molar-refractivity contribution >= 4 is 28.9 Å². The Hall–Kier alpha value is -3.98. The van der Waals surface area contributed by atoms with Crippen molar-refractivity contribution in [3.63, 3.8) is 0 Å². The molecule has 1 aliphatic heterocycles. The van der Waals surface area contributed by atoms with Gasteiger partial charge in [0.1, 0.15) is 11.6 Å². The van der Waals surface area contributed by atoms with Gasteiger partial charge in [-0.15, -0.1) is 0 Å². The number of hydrogen-bond donors (Lipinski definition) is 2. The molecule has 1 saturated heterocycles. The van der Waals surface area contributed by atoms with Crippen LogP contribution in [-0.4, -0.2) is 32.0 Å². The molecular formula is C28H28FN5O2S. The van der Waals surface area contributed by atoms with Gasteiger partial charge in [-0.05, 0) is 86.2 Å². The molecule has 0 saturated carbocycles. The van der Waals surface area contributed by atoms with Crippen molar-refractivity contribution in [1.82, 2.24) is 19.8 Å². The topological polar surface area (TPSA) is 75.3 Å². The minimum absolute atomic E-state index is 0.155. The van der Waals surface area contributed by atoms with Crippen molar-refractivity contribution in [1.29, 1.82) is 0 Å². The van der Waals surface area contributed by atoms with E-state index in [4.69, 9.17) is 16.6 Å². The molecule has 5 rings (SSSR count). The fourth-order valence-electron chi connectivity index (χ4n) is 4.89. The molecular weight excluding hydrogens is 489 g/mol. The van der Waals surface area contributed by atoms with Crippen LogP contribution < -0.4 is 10.6 Å². The van der Waals surface area contributed by atoms with Crippen molar-refractivity contribution in [2.24, 2.45) is 0 Å². The van der Waals surface area contributed by atoms with Crippen molar-refractivity contribution in [2.75, 3.05) is 11.9 Å². The average Bonchev–Trinajstić information content (AvgIpc) is 3.60. The number of hydrogen-bond acceptors (Lipinski definition) is 4. The summed E-state index contributed by atoms with van der Waals surface area (Å²) in [6, 6.07) is 17.3. The van der Waals surface area contributed by atoms with Gasteiger partial charge in [-0.3, -0.25) is 9.78 Å².